The molecule has 0 amide bonds. The number of benzene rings is 5. The van der Waals surface area contributed by atoms with Crippen LogP contribution < -0.4 is 26.2 Å². The Morgan fingerprint density at radius 3 is 2.06 bits per heavy atom. The van der Waals surface area contributed by atoms with Crippen molar-refractivity contribution in [1.29, 1.82) is 0 Å². The Morgan fingerprint density at radius 1 is 0.604 bits per heavy atom. The summed E-state index contributed by atoms with van der Waals surface area (Å²) in [5.41, 5.74) is 22.7. The lowest BCUT2D eigenvalue weighted by molar-refractivity contribution is 0.195. The van der Waals surface area contributed by atoms with Crippen LogP contribution in [0.3, 0.4) is 0 Å². The van der Waals surface area contributed by atoms with E-state index in [1.54, 1.807) is 5.56 Å². The van der Waals surface area contributed by atoms with E-state index in [4.69, 9.17) is 0 Å². The summed E-state index contributed by atoms with van der Waals surface area (Å²) in [5, 5.41) is 0. The van der Waals surface area contributed by atoms with Gasteiger partial charge in [0.1, 0.15) is 0 Å². The smallest absolute Gasteiger partial charge is 0.252 e. The topological polar surface area (TPSA) is 6.48 Å². The molecule has 2 atom stereocenters. The van der Waals surface area contributed by atoms with E-state index in [1.165, 1.54) is 109 Å². The molecule has 5 aliphatic rings. The van der Waals surface area contributed by atoms with Gasteiger partial charge >= 0.3 is 0 Å². The fraction of sp³-hybridized carbons (Fsp3) is 0.400. The molecule has 2 aliphatic carbocycles. The molecule has 3 heterocycles. The van der Waals surface area contributed by atoms with Crippen molar-refractivity contribution >= 4 is 51.5 Å². The lowest BCUT2D eigenvalue weighted by Gasteiger charge is -2.53. The van der Waals surface area contributed by atoms with E-state index in [9.17, 15) is 0 Å². The van der Waals surface area contributed by atoms with Gasteiger partial charge in [-0.05, 0) is 129 Å². The summed E-state index contributed by atoms with van der Waals surface area (Å²) >= 11 is 0. The molecule has 5 aromatic rings. The van der Waals surface area contributed by atoms with Crippen LogP contribution in [0.2, 0.25) is 0 Å². The van der Waals surface area contributed by atoms with Crippen molar-refractivity contribution in [3.8, 4) is 11.1 Å². The lowest BCUT2D eigenvalue weighted by atomic mass is 9.33. The Hall–Kier alpha value is -4.24. The van der Waals surface area contributed by atoms with E-state index in [1.807, 2.05) is 0 Å². The van der Waals surface area contributed by atoms with Gasteiger partial charge in [0.2, 0.25) is 0 Å². The molecular formula is C50H55BN2. The maximum atomic E-state index is 2.88. The van der Waals surface area contributed by atoms with Crippen molar-refractivity contribution < 1.29 is 0 Å². The second-order valence-electron chi connectivity index (χ2n) is 20.3. The molecule has 0 radical (unpaired) electrons. The maximum Gasteiger partial charge on any atom is 0.252 e. The van der Waals surface area contributed by atoms with Gasteiger partial charge in [0.25, 0.3) is 6.71 Å². The molecular weight excluding hydrogens is 639 g/mol. The van der Waals surface area contributed by atoms with Crippen LogP contribution in [0.5, 0.6) is 0 Å². The summed E-state index contributed by atoms with van der Waals surface area (Å²) < 4.78 is 0. The van der Waals surface area contributed by atoms with Gasteiger partial charge in [-0.3, -0.25) is 0 Å². The van der Waals surface area contributed by atoms with Crippen molar-refractivity contribution in [3.63, 3.8) is 0 Å². The highest BCUT2D eigenvalue weighted by Gasteiger charge is 2.61. The van der Waals surface area contributed by atoms with Gasteiger partial charge in [-0.25, -0.2) is 0 Å². The van der Waals surface area contributed by atoms with Gasteiger partial charge in [-0.2, -0.15) is 0 Å². The van der Waals surface area contributed by atoms with E-state index in [-0.39, 0.29) is 33.9 Å². The van der Waals surface area contributed by atoms with E-state index < -0.39 is 0 Å². The zero-order valence-corrected chi connectivity index (χ0v) is 33.9. The molecule has 1 saturated carbocycles. The molecule has 0 aromatic heterocycles. The van der Waals surface area contributed by atoms with Crippen molar-refractivity contribution in [1.82, 2.24) is 0 Å². The van der Waals surface area contributed by atoms with Gasteiger partial charge in [0.15, 0.2) is 0 Å². The van der Waals surface area contributed by atoms with Crippen LogP contribution in [0.15, 0.2) is 84.9 Å². The summed E-state index contributed by atoms with van der Waals surface area (Å²) in [5.74, 6) is 0. The van der Waals surface area contributed by atoms with E-state index in [2.05, 4.69) is 171 Å². The minimum absolute atomic E-state index is 0.00987. The van der Waals surface area contributed by atoms with Crippen LogP contribution in [0, 0.1) is 6.92 Å². The first-order valence-electron chi connectivity index (χ1n) is 20.3. The number of nitrogens with zero attached hydrogens (tertiary/aromatic N) is 2. The summed E-state index contributed by atoms with van der Waals surface area (Å²) in [6, 6.07) is 34.1. The summed E-state index contributed by atoms with van der Waals surface area (Å²) in [6.07, 6.45) is 5.04. The number of rotatable bonds is 1. The normalized spacial score (nSPS) is 22.9. The second-order valence-corrected chi connectivity index (χ2v) is 20.3. The first kappa shape index (κ1) is 33.3. The van der Waals surface area contributed by atoms with Gasteiger partial charge in [0.05, 0.1) is 5.54 Å². The molecule has 5 aromatic carbocycles. The molecule has 0 N–H and O–H groups in total. The predicted molar refractivity (Wildman–Crippen MR) is 228 cm³/mol. The van der Waals surface area contributed by atoms with E-state index >= 15 is 0 Å². The Morgan fingerprint density at radius 2 is 1.30 bits per heavy atom. The SMILES string of the molecule is Cc1cc2c3c(c1)N1c4c(cc(C(C)(C)C)cc4C4(C)CCCCC14C)B3c1ccc(C(C)(C)C)cc1N2c1ccc2c(c1)C(C)(C)c1ccccc1-2. The molecule has 1 fully saturated rings. The quantitative estimate of drug-likeness (QED) is 0.158. The van der Waals surface area contributed by atoms with Crippen LogP contribution in [-0.4, -0.2) is 12.3 Å². The maximum absolute atomic E-state index is 2.88. The van der Waals surface area contributed by atoms with Crippen molar-refractivity contribution in [2.45, 2.75) is 129 Å². The fourth-order valence-corrected chi connectivity index (χ4v) is 11.5. The Kier molecular flexibility index (Phi) is 6.47. The Bertz CT molecular complexity index is 2420. The minimum atomic E-state index is -0.0728. The third-order valence-electron chi connectivity index (χ3n) is 14.7. The average molecular weight is 695 g/mol. The van der Waals surface area contributed by atoms with Gasteiger partial charge < -0.3 is 9.80 Å². The zero-order valence-electron chi connectivity index (χ0n) is 33.9. The van der Waals surface area contributed by atoms with Crippen LogP contribution in [0.1, 0.15) is 128 Å². The van der Waals surface area contributed by atoms with Crippen molar-refractivity contribution in [2.75, 3.05) is 9.80 Å². The highest BCUT2D eigenvalue weighted by molar-refractivity contribution is 7.00. The number of fused-ring (bicyclic) bond motifs is 10. The number of hydrogen-bond acceptors (Lipinski definition) is 2. The first-order valence-corrected chi connectivity index (χ1v) is 20.3. The van der Waals surface area contributed by atoms with Gasteiger partial charge in [0, 0.05) is 39.3 Å². The third-order valence-corrected chi connectivity index (χ3v) is 14.7. The molecule has 0 spiro atoms. The van der Waals surface area contributed by atoms with Crippen molar-refractivity contribution in [3.05, 3.63) is 118 Å². The molecule has 3 heteroatoms. The van der Waals surface area contributed by atoms with Crippen LogP contribution in [0.4, 0.5) is 28.4 Å². The Labute approximate surface area is 318 Å². The second kappa shape index (κ2) is 10.3. The van der Waals surface area contributed by atoms with E-state index in [0.29, 0.717) is 0 Å². The number of aryl methyl sites for hydroxylation is 1. The van der Waals surface area contributed by atoms with Gasteiger partial charge in [-0.1, -0.05) is 130 Å². The fourth-order valence-electron chi connectivity index (χ4n) is 11.5. The molecule has 0 saturated heterocycles. The largest absolute Gasteiger partial charge is 0.335 e. The van der Waals surface area contributed by atoms with Crippen LogP contribution >= 0.6 is 0 Å². The Balaban J connectivity index is 1.30. The molecule has 0 bridgehead atoms. The monoisotopic (exact) mass is 694 g/mol. The van der Waals surface area contributed by atoms with Crippen LogP contribution in [0.25, 0.3) is 11.1 Å². The standard InChI is InChI=1S/C50H55BN2/c1-30-24-42-44-43(25-30)53-45-38(49(10)22-14-15-23-50(49,53)11)26-32(47(5,6)7)27-40(45)51(44)39-21-18-31(46(2,3)4)28-41(39)52(42)33-19-20-35-34-16-12-13-17-36(34)48(8,9)37(35)29-33/h12-13,16-21,24-29H,14-15,22-23H2,1-11H3. The molecule has 3 aliphatic heterocycles. The predicted octanol–water partition coefficient (Wildman–Crippen LogP) is 11.3. The summed E-state index contributed by atoms with van der Waals surface area (Å²) in [6.45, 7) is 26.8. The third kappa shape index (κ3) is 4.18. The van der Waals surface area contributed by atoms with E-state index in [0.717, 1.165) is 0 Å². The summed E-state index contributed by atoms with van der Waals surface area (Å²) in [7, 11) is 0. The van der Waals surface area contributed by atoms with Crippen LogP contribution in [-0.2, 0) is 21.7 Å². The van der Waals surface area contributed by atoms with Crippen molar-refractivity contribution in [2.24, 2.45) is 0 Å². The molecule has 53 heavy (non-hydrogen) atoms. The number of anilines is 5. The molecule has 2 unspecified atom stereocenters. The lowest BCUT2D eigenvalue weighted by Crippen LogP contribution is -2.64. The average Bonchev–Trinajstić information content (AvgIpc) is 3.46. The molecule has 268 valence electrons. The molecule has 2 nitrogen and oxygen atoms in total. The number of hydrogen-bond donors (Lipinski definition) is 0. The minimum Gasteiger partial charge on any atom is -0.335 e. The highest BCUT2D eigenvalue weighted by atomic mass is 15.3. The summed E-state index contributed by atoms with van der Waals surface area (Å²) in [4.78, 5) is 5.53. The first-order chi connectivity index (χ1) is 24.9. The molecule has 10 rings (SSSR count). The van der Waals surface area contributed by atoms with Gasteiger partial charge in [-0.15, -0.1) is 0 Å². The zero-order chi connectivity index (χ0) is 37.2. The highest BCUT2D eigenvalue weighted by Crippen LogP contribution is 2.62.